The number of benzene rings is 2. The molecule has 0 aliphatic rings. The fraction of sp³-hybridized carbons (Fsp3) is 0.333. The molecule has 148 valence electrons. The van der Waals surface area contributed by atoms with Crippen LogP contribution in [0.15, 0.2) is 48.5 Å². The van der Waals surface area contributed by atoms with E-state index in [-0.39, 0.29) is 11.8 Å². The van der Waals surface area contributed by atoms with Crippen molar-refractivity contribution in [2.45, 2.75) is 46.5 Å². The van der Waals surface area contributed by atoms with Crippen LogP contribution in [0, 0.1) is 6.92 Å². The van der Waals surface area contributed by atoms with Crippen LogP contribution in [0.5, 0.6) is 0 Å². The minimum Gasteiger partial charge on any atom is -0.225 e. The smallest absolute Gasteiger partial charge is 0.225 e. The van der Waals surface area contributed by atoms with Crippen LogP contribution >= 0.6 is 0 Å². The minimum atomic E-state index is 0.228. The molecule has 2 aromatic carbocycles. The highest BCUT2D eigenvalue weighted by Gasteiger charge is 2.29. The molecule has 4 aromatic rings. The SMILES string of the molecule is Cc1ccccc1-c1n(-c2nc(C(C)C)nc(C(C)C)n2)c2ccccc2[n+]1C. The summed E-state index contributed by atoms with van der Waals surface area (Å²) in [5.74, 6) is 3.87. The molecule has 0 radical (unpaired) electrons. The van der Waals surface area contributed by atoms with E-state index in [2.05, 4.69) is 99.3 Å². The Hall–Kier alpha value is -3.08. The second-order valence-corrected chi connectivity index (χ2v) is 8.18. The van der Waals surface area contributed by atoms with Gasteiger partial charge in [-0.1, -0.05) is 58.0 Å². The van der Waals surface area contributed by atoms with E-state index >= 15 is 0 Å². The summed E-state index contributed by atoms with van der Waals surface area (Å²) in [6.07, 6.45) is 0. The fourth-order valence-corrected chi connectivity index (χ4v) is 3.66. The molecule has 0 saturated heterocycles. The van der Waals surface area contributed by atoms with Crippen LogP contribution in [-0.4, -0.2) is 19.5 Å². The van der Waals surface area contributed by atoms with Gasteiger partial charge in [0.15, 0.2) is 11.0 Å². The average molecular weight is 387 g/mol. The first-order valence-corrected chi connectivity index (χ1v) is 10.2. The van der Waals surface area contributed by atoms with E-state index in [9.17, 15) is 0 Å². The van der Waals surface area contributed by atoms with Crippen LogP contribution in [0.1, 0.15) is 56.7 Å². The van der Waals surface area contributed by atoms with Crippen molar-refractivity contribution in [3.63, 3.8) is 0 Å². The third-order valence-corrected chi connectivity index (χ3v) is 5.29. The van der Waals surface area contributed by atoms with Crippen molar-refractivity contribution < 1.29 is 4.57 Å². The number of hydrogen-bond acceptors (Lipinski definition) is 3. The van der Waals surface area contributed by atoms with Crippen LogP contribution in [0.2, 0.25) is 0 Å². The third-order valence-electron chi connectivity index (χ3n) is 5.29. The molecule has 2 heterocycles. The Balaban J connectivity index is 2.12. The third kappa shape index (κ3) is 3.31. The van der Waals surface area contributed by atoms with Crippen molar-refractivity contribution >= 4 is 11.0 Å². The first-order chi connectivity index (χ1) is 13.9. The van der Waals surface area contributed by atoms with Gasteiger partial charge in [-0.2, -0.15) is 14.5 Å². The Morgan fingerprint density at radius 1 is 0.793 bits per heavy atom. The van der Waals surface area contributed by atoms with Crippen LogP contribution in [0.25, 0.3) is 28.4 Å². The second-order valence-electron chi connectivity index (χ2n) is 8.18. The molecule has 0 aliphatic heterocycles. The number of hydrogen-bond donors (Lipinski definition) is 0. The fourth-order valence-electron chi connectivity index (χ4n) is 3.66. The number of aryl methyl sites for hydroxylation is 2. The van der Waals surface area contributed by atoms with Crippen molar-refractivity contribution in [2.75, 3.05) is 0 Å². The lowest BCUT2D eigenvalue weighted by Crippen LogP contribution is -2.30. The van der Waals surface area contributed by atoms with Gasteiger partial charge in [0, 0.05) is 11.8 Å². The molecule has 0 atom stereocenters. The van der Waals surface area contributed by atoms with Gasteiger partial charge in [-0.05, 0) is 30.7 Å². The van der Waals surface area contributed by atoms with Crippen LogP contribution in [-0.2, 0) is 7.05 Å². The molecule has 0 N–H and O–H groups in total. The lowest BCUT2D eigenvalue weighted by Gasteiger charge is -2.11. The maximum absolute atomic E-state index is 4.89. The van der Waals surface area contributed by atoms with Gasteiger partial charge >= 0.3 is 5.95 Å². The summed E-state index contributed by atoms with van der Waals surface area (Å²) < 4.78 is 4.41. The van der Waals surface area contributed by atoms with E-state index in [1.807, 2.05) is 0 Å². The summed E-state index contributed by atoms with van der Waals surface area (Å²) in [5, 5.41) is 0. The average Bonchev–Trinajstić information content (AvgIpc) is 3.00. The zero-order valence-corrected chi connectivity index (χ0v) is 18.0. The van der Waals surface area contributed by atoms with Gasteiger partial charge in [-0.25, -0.2) is 9.55 Å². The largest absolute Gasteiger partial charge is 0.330 e. The molecular weight excluding hydrogens is 358 g/mol. The number of aromatic nitrogens is 5. The maximum atomic E-state index is 4.89. The van der Waals surface area contributed by atoms with E-state index < -0.39 is 0 Å². The molecular formula is C24H28N5+. The molecule has 0 amide bonds. The molecule has 0 bridgehead atoms. The maximum Gasteiger partial charge on any atom is 0.330 e. The second kappa shape index (κ2) is 7.39. The van der Waals surface area contributed by atoms with Gasteiger partial charge in [0.05, 0.1) is 12.6 Å². The van der Waals surface area contributed by atoms with Crippen molar-refractivity contribution in [2.24, 2.45) is 7.05 Å². The van der Waals surface area contributed by atoms with Crippen molar-refractivity contribution in [1.82, 2.24) is 19.5 Å². The molecule has 0 saturated carbocycles. The molecule has 5 heteroatoms. The number of para-hydroxylation sites is 2. The molecule has 0 unspecified atom stereocenters. The zero-order valence-electron chi connectivity index (χ0n) is 18.0. The Bertz CT molecular complexity index is 1160. The van der Waals surface area contributed by atoms with Gasteiger partial charge in [0.25, 0.3) is 5.82 Å². The number of rotatable bonds is 4. The highest BCUT2D eigenvalue weighted by Crippen LogP contribution is 2.28. The van der Waals surface area contributed by atoms with Gasteiger partial charge in [-0.3, -0.25) is 0 Å². The molecule has 4 rings (SSSR count). The van der Waals surface area contributed by atoms with Gasteiger partial charge in [0.1, 0.15) is 11.6 Å². The Kier molecular flexibility index (Phi) is 4.91. The summed E-state index contributed by atoms with van der Waals surface area (Å²) in [5.41, 5.74) is 4.62. The first-order valence-electron chi connectivity index (χ1n) is 10.2. The van der Waals surface area contributed by atoms with Gasteiger partial charge in [-0.15, -0.1) is 0 Å². The lowest BCUT2D eigenvalue weighted by atomic mass is 10.1. The van der Waals surface area contributed by atoms with Crippen molar-refractivity contribution in [1.29, 1.82) is 0 Å². The highest BCUT2D eigenvalue weighted by molar-refractivity contribution is 5.78. The zero-order chi connectivity index (χ0) is 20.7. The van der Waals surface area contributed by atoms with Crippen LogP contribution in [0.3, 0.4) is 0 Å². The predicted octanol–water partition coefficient (Wildman–Crippen LogP) is 4.86. The summed E-state index contributed by atoms with van der Waals surface area (Å²) in [6, 6.07) is 16.9. The Morgan fingerprint density at radius 3 is 2.00 bits per heavy atom. The summed E-state index contributed by atoms with van der Waals surface area (Å²) in [4.78, 5) is 14.5. The molecule has 5 nitrogen and oxygen atoms in total. The van der Waals surface area contributed by atoms with Gasteiger partial charge < -0.3 is 0 Å². The molecule has 0 fully saturated rings. The van der Waals surface area contributed by atoms with Crippen molar-refractivity contribution in [3.8, 4) is 17.3 Å². The lowest BCUT2D eigenvalue weighted by molar-refractivity contribution is -0.633. The van der Waals surface area contributed by atoms with Crippen molar-refractivity contribution in [3.05, 3.63) is 65.7 Å². The van der Waals surface area contributed by atoms with Crippen LogP contribution in [0.4, 0.5) is 0 Å². The van der Waals surface area contributed by atoms with E-state index in [4.69, 9.17) is 15.0 Å². The van der Waals surface area contributed by atoms with Gasteiger partial charge in [0.2, 0.25) is 0 Å². The van der Waals surface area contributed by atoms with E-state index in [0.29, 0.717) is 5.95 Å². The summed E-state index contributed by atoms with van der Waals surface area (Å²) in [6.45, 7) is 10.6. The van der Waals surface area contributed by atoms with E-state index in [0.717, 1.165) is 28.5 Å². The first kappa shape index (κ1) is 19.2. The predicted molar refractivity (Wildman–Crippen MR) is 116 cm³/mol. The molecule has 0 aliphatic carbocycles. The number of imidazole rings is 1. The topological polar surface area (TPSA) is 47.5 Å². The summed E-state index contributed by atoms with van der Waals surface area (Å²) >= 11 is 0. The minimum absolute atomic E-state index is 0.228. The molecule has 0 spiro atoms. The highest BCUT2D eigenvalue weighted by atomic mass is 15.3. The summed E-state index contributed by atoms with van der Waals surface area (Å²) in [7, 11) is 2.11. The Labute approximate surface area is 172 Å². The normalized spacial score (nSPS) is 11.7. The Morgan fingerprint density at radius 2 is 1.38 bits per heavy atom. The van der Waals surface area contributed by atoms with E-state index in [1.54, 1.807) is 0 Å². The quantitative estimate of drug-likeness (QED) is 0.471. The monoisotopic (exact) mass is 386 g/mol. The van der Waals surface area contributed by atoms with E-state index in [1.165, 1.54) is 11.1 Å². The van der Waals surface area contributed by atoms with Crippen LogP contribution < -0.4 is 4.57 Å². The number of nitrogens with zero attached hydrogens (tertiary/aromatic N) is 5. The standard InChI is InChI=1S/C24H28N5/c1-15(2)21-25-22(16(3)4)27-24(26-21)29-20-14-10-9-13-19(20)28(6)23(29)18-12-8-7-11-17(18)5/h7-16H,1-6H3/q+1. The molecule has 2 aromatic heterocycles. The molecule has 29 heavy (non-hydrogen) atoms. The number of fused-ring (bicyclic) bond motifs is 1.